The van der Waals surface area contributed by atoms with Crippen LogP contribution in [0.1, 0.15) is 162 Å². The number of hydrogen-bond acceptors (Lipinski definition) is 9. The number of unbranched alkanes of at least 4 members (excludes halogenated alkanes) is 14. The van der Waals surface area contributed by atoms with Gasteiger partial charge < -0.3 is 25.2 Å². The predicted molar refractivity (Wildman–Crippen MR) is 221 cm³/mol. The molecule has 0 radical (unpaired) electrons. The largest absolute Gasteiger partial charge is 0.472 e. The Morgan fingerprint density at radius 2 is 1.19 bits per heavy atom. The van der Waals surface area contributed by atoms with Gasteiger partial charge >= 0.3 is 19.8 Å². The van der Waals surface area contributed by atoms with Crippen molar-refractivity contribution in [1.29, 1.82) is 0 Å². The fourth-order valence-corrected chi connectivity index (χ4v) is 6.08. The Labute approximate surface area is 328 Å². The molecule has 0 aromatic rings. The highest BCUT2D eigenvalue weighted by Crippen LogP contribution is 2.43. The summed E-state index contributed by atoms with van der Waals surface area (Å²) in [5.41, 5.74) is 5.33. The molecule has 54 heavy (non-hydrogen) atoms. The molecule has 312 valence electrons. The van der Waals surface area contributed by atoms with Crippen LogP contribution in [0.2, 0.25) is 0 Å². The monoisotopic (exact) mass is 782 g/mol. The molecule has 0 aliphatic carbocycles. The Balaban J connectivity index is 4.41. The molecule has 0 saturated carbocycles. The van der Waals surface area contributed by atoms with Crippen LogP contribution in [0.15, 0.2) is 60.8 Å². The van der Waals surface area contributed by atoms with E-state index >= 15 is 0 Å². The molecular formula is C43H76NO9P. The summed E-state index contributed by atoms with van der Waals surface area (Å²) in [6, 6.07) is 0. The van der Waals surface area contributed by atoms with E-state index < -0.39 is 38.6 Å². The number of rotatable bonds is 38. The molecule has 0 saturated heterocycles. The molecule has 0 aliphatic rings. The second-order valence-corrected chi connectivity index (χ2v) is 15.2. The van der Waals surface area contributed by atoms with Gasteiger partial charge in [-0.1, -0.05) is 139 Å². The summed E-state index contributed by atoms with van der Waals surface area (Å²) in [5.74, 6) is -1.05. The van der Waals surface area contributed by atoms with E-state index in [1.165, 1.54) is 57.8 Å². The van der Waals surface area contributed by atoms with Gasteiger partial charge in [0.2, 0.25) is 0 Å². The van der Waals surface area contributed by atoms with Gasteiger partial charge in [0.25, 0.3) is 0 Å². The molecule has 0 bridgehead atoms. The Hall–Kier alpha value is -2.33. The maximum absolute atomic E-state index is 12.6. The highest BCUT2D eigenvalue weighted by molar-refractivity contribution is 7.47. The first kappa shape index (κ1) is 51.7. The van der Waals surface area contributed by atoms with E-state index in [2.05, 4.69) is 50.3 Å². The number of aliphatic hydroxyl groups is 1. The first-order valence-corrected chi connectivity index (χ1v) is 22.4. The number of esters is 2. The average molecular weight is 782 g/mol. The molecular weight excluding hydrogens is 705 g/mol. The van der Waals surface area contributed by atoms with E-state index in [1.807, 2.05) is 12.2 Å². The number of nitrogens with two attached hydrogens (primary N) is 1. The number of phosphoric ester groups is 1. The maximum Gasteiger partial charge on any atom is 0.472 e. The summed E-state index contributed by atoms with van der Waals surface area (Å²) in [4.78, 5) is 34.8. The van der Waals surface area contributed by atoms with E-state index in [4.69, 9.17) is 24.3 Å². The van der Waals surface area contributed by atoms with E-state index in [0.717, 1.165) is 57.8 Å². The number of allylic oxidation sites excluding steroid dienone is 9. The number of hydrogen-bond donors (Lipinski definition) is 3. The predicted octanol–water partition coefficient (Wildman–Crippen LogP) is 10.7. The molecule has 2 unspecified atom stereocenters. The molecule has 3 atom stereocenters. The van der Waals surface area contributed by atoms with Crippen LogP contribution >= 0.6 is 7.82 Å². The molecule has 11 heteroatoms. The molecule has 0 fully saturated rings. The van der Waals surface area contributed by atoms with Crippen LogP contribution < -0.4 is 5.73 Å². The summed E-state index contributed by atoms with van der Waals surface area (Å²) in [5, 5.41) is 10.3. The minimum Gasteiger partial charge on any atom is -0.462 e. The minimum absolute atomic E-state index is 0.00100. The third-order valence-electron chi connectivity index (χ3n) is 8.48. The number of carbonyl (C=O) groups is 2. The molecule has 0 aromatic carbocycles. The smallest absolute Gasteiger partial charge is 0.462 e. The lowest BCUT2D eigenvalue weighted by Crippen LogP contribution is -2.29. The minimum atomic E-state index is -4.43. The molecule has 0 aliphatic heterocycles. The summed E-state index contributed by atoms with van der Waals surface area (Å²) in [6.45, 7) is 3.44. The zero-order chi connectivity index (χ0) is 39.8. The first-order chi connectivity index (χ1) is 26.2. The normalized spacial score (nSPS) is 14.5. The second-order valence-electron chi connectivity index (χ2n) is 13.7. The van der Waals surface area contributed by atoms with Crippen molar-refractivity contribution in [2.24, 2.45) is 5.73 Å². The summed E-state index contributed by atoms with van der Waals surface area (Å²) >= 11 is 0. The summed E-state index contributed by atoms with van der Waals surface area (Å²) in [6.07, 6.45) is 41.4. The third-order valence-corrected chi connectivity index (χ3v) is 9.46. The first-order valence-electron chi connectivity index (χ1n) is 20.9. The third kappa shape index (κ3) is 38.0. The average Bonchev–Trinajstić information content (AvgIpc) is 3.15. The molecule has 4 N–H and O–H groups in total. The highest BCUT2D eigenvalue weighted by atomic mass is 31.2. The van der Waals surface area contributed by atoms with Gasteiger partial charge in [-0.3, -0.25) is 18.6 Å². The van der Waals surface area contributed by atoms with Crippen molar-refractivity contribution < 1.29 is 42.7 Å². The lowest BCUT2D eigenvalue weighted by molar-refractivity contribution is -0.161. The quantitative estimate of drug-likeness (QED) is 0.0181. The number of phosphoric acid groups is 1. The van der Waals surface area contributed by atoms with Gasteiger partial charge in [-0.15, -0.1) is 0 Å². The van der Waals surface area contributed by atoms with Crippen molar-refractivity contribution in [3.63, 3.8) is 0 Å². The van der Waals surface area contributed by atoms with Crippen molar-refractivity contribution in [2.75, 3.05) is 26.4 Å². The Bertz CT molecular complexity index is 1090. The van der Waals surface area contributed by atoms with Gasteiger partial charge in [0.05, 0.1) is 19.3 Å². The summed E-state index contributed by atoms with van der Waals surface area (Å²) < 4.78 is 32.6. The highest BCUT2D eigenvalue weighted by Gasteiger charge is 2.26. The maximum atomic E-state index is 12.6. The van der Waals surface area contributed by atoms with E-state index in [9.17, 15) is 24.2 Å². The van der Waals surface area contributed by atoms with Crippen molar-refractivity contribution in [1.82, 2.24) is 0 Å². The van der Waals surface area contributed by atoms with Gasteiger partial charge in [-0.2, -0.15) is 0 Å². The van der Waals surface area contributed by atoms with Crippen molar-refractivity contribution in [2.45, 2.75) is 174 Å². The number of aliphatic hydroxyl groups excluding tert-OH is 1. The van der Waals surface area contributed by atoms with E-state index in [0.29, 0.717) is 19.3 Å². The summed E-state index contributed by atoms with van der Waals surface area (Å²) in [7, 11) is -4.43. The van der Waals surface area contributed by atoms with Crippen LogP contribution in [-0.2, 0) is 32.7 Å². The van der Waals surface area contributed by atoms with Crippen LogP contribution in [0.5, 0.6) is 0 Å². The molecule has 0 aromatic heterocycles. The second kappa shape index (κ2) is 38.9. The zero-order valence-corrected chi connectivity index (χ0v) is 34.7. The van der Waals surface area contributed by atoms with Crippen LogP contribution in [-0.4, -0.2) is 60.5 Å². The molecule has 0 rings (SSSR count). The molecule has 10 nitrogen and oxygen atoms in total. The molecule has 0 amide bonds. The van der Waals surface area contributed by atoms with E-state index in [-0.39, 0.29) is 32.6 Å². The Morgan fingerprint density at radius 3 is 1.81 bits per heavy atom. The van der Waals surface area contributed by atoms with E-state index in [1.54, 1.807) is 12.2 Å². The Kier molecular flexibility index (Phi) is 37.2. The van der Waals surface area contributed by atoms with Crippen molar-refractivity contribution in [3.05, 3.63) is 60.8 Å². The van der Waals surface area contributed by atoms with Gasteiger partial charge in [-0.25, -0.2) is 4.57 Å². The van der Waals surface area contributed by atoms with Crippen LogP contribution in [0, 0.1) is 0 Å². The zero-order valence-electron chi connectivity index (χ0n) is 33.8. The molecule has 0 heterocycles. The van der Waals surface area contributed by atoms with Gasteiger partial charge in [0.1, 0.15) is 6.61 Å². The fourth-order valence-electron chi connectivity index (χ4n) is 5.32. The lowest BCUT2D eigenvalue weighted by atomic mass is 10.1. The van der Waals surface area contributed by atoms with Crippen molar-refractivity contribution >= 4 is 19.8 Å². The SMILES string of the molecule is CCCCC/C=C\C/C=C\CCCCCCCC(=O)OC[C@H](COP(=O)(O)OCCN)OC(=O)CCCC(O)/C=C/C=C/C/C=C/CCCCCCCC. The lowest BCUT2D eigenvalue weighted by Gasteiger charge is -2.20. The van der Waals surface area contributed by atoms with Gasteiger partial charge in [-0.05, 0) is 70.6 Å². The van der Waals surface area contributed by atoms with Gasteiger partial charge in [0, 0.05) is 19.4 Å². The number of carbonyl (C=O) groups excluding carboxylic acids is 2. The topological polar surface area (TPSA) is 155 Å². The van der Waals surface area contributed by atoms with Crippen LogP contribution in [0.3, 0.4) is 0 Å². The standard InChI is InChI=1S/C43H76NO9P/c1-3-5-7-9-11-13-15-17-18-20-22-24-26-28-30-34-42(46)50-38-41(39-52-54(48,49)51-37-36-44)53-43(47)35-31-33-40(45)32-29-27-25-23-21-19-16-14-12-10-8-6-4-2/h11,13,17-19,21,25,27,29,32,40-41,45H,3-10,12,14-16,20,22-24,26,28,30-31,33-39,44H2,1-2H3,(H,48,49)/b13-11-,18-17-,21-19+,27-25+,32-29+/t40?,41-/m1/s1. The fraction of sp³-hybridized carbons (Fsp3) is 0.721. The number of ether oxygens (including phenoxy) is 2. The Morgan fingerprint density at radius 1 is 0.648 bits per heavy atom. The van der Waals surface area contributed by atoms with Crippen molar-refractivity contribution in [3.8, 4) is 0 Å². The molecule has 0 spiro atoms. The van der Waals surface area contributed by atoms with Crippen LogP contribution in [0.4, 0.5) is 0 Å². The van der Waals surface area contributed by atoms with Gasteiger partial charge in [0.15, 0.2) is 6.10 Å². The van der Waals surface area contributed by atoms with Crippen LogP contribution in [0.25, 0.3) is 0 Å².